The van der Waals surface area contributed by atoms with Crippen molar-refractivity contribution < 1.29 is 23.9 Å². The first-order valence-corrected chi connectivity index (χ1v) is 8.38. The number of carbonyl (C=O) groups excluding carboxylic acids is 2. The Morgan fingerprint density at radius 1 is 1.14 bits per heavy atom. The molecular weight excluding hydrogens is 389 g/mol. The largest absolute Gasteiger partial charge is 0.477 e. The number of aromatic amines is 1. The summed E-state index contributed by atoms with van der Waals surface area (Å²) >= 11 is 5.90. The third kappa shape index (κ3) is 4.24. The summed E-state index contributed by atoms with van der Waals surface area (Å²) in [5.74, 6) is -2.77. The molecule has 3 aromatic rings. The standard InChI is InChI=1S/C19H13ClFN3O4/c20-14-8-11(21)3-6-13(14)15(25)7-10-1-4-12(5-2-10)24-18(26)16-17(19(27)28)23-9-22-16/h1-6,8-9H,7H2,(H,22,23)(H,24,26)(H,27,28). The van der Waals surface area contributed by atoms with Gasteiger partial charge in [-0.3, -0.25) is 9.59 Å². The van der Waals surface area contributed by atoms with Crippen molar-refractivity contribution >= 4 is 34.9 Å². The molecule has 1 amide bonds. The van der Waals surface area contributed by atoms with E-state index in [1.807, 2.05) is 0 Å². The van der Waals surface area contributed by atoms with Crippen molar-refractivity contribution in [2.45, 2.75) is 6.42 Å². The molecule has 142 valence electrons. The number of hydrogen-bond acceptors (Lipinski definition) is 4. The van der Waals surface area contributed by atoms with E-state index >= 15 is 0 Å². The zero-order valence-corrected chi connectivity index (χ0v) is 15.0. The van der Waals surface area contributed by atoms with Crippen molar-refractivity contribution in [2.75, 3.05) is 5.32 Å². The van der Waals surface area contributed by atoms with E-state index < -0.39 is 17.7 Å². The Hall–Kier alpha value is -3.52. The maximum Gasteiger partial charge on any atom is 0.354 e. The fourth-order valence-electron chi connectivity index (χ4n) is 2.52. The summed E-state index contributed by atoms with van der Waals surface area (Å²) in [6, 6.07) is 9.98. The van der Waals surface area contributed by atoms with E-state index in [9.17, 15) is 18.8 Å². The van der Waals surface area contributed by atoms with E-state index in [1.165, 1.54) is 6.07 Å². The van der Waals surface area contributed by atoms with Gasteiger partial charge in [0.25, 0.3) is 5.91 Å². The number of aromatic carboxylic acids is 1. The van der Waals surface area contributed by atoms with E-state index in [0.29, 0.717) is 11.3 Å². The molecule has 0 spiro atoms. The molecule has 0 aliphatic rings. The minimum absolute atomic E-state index is 0.0436. The van der Waals surface area contributed by atoms with Crippen LogP contribution in [0.4, 0.5) is 10.1 Å². The van der Waals surface area contributed by atoms with Gasteiger partial charge in [0, 0.05) is 17.7 Å². The molecule has 0 aliphatic carbocycles. The highest BCUT2D eigenvalue weighted by Crippen LogP contribution is 2.20. The molecule has 1 aromatic heterocycles. The summed E-state index contributed by atoms with van der Waals surface area (Å²) in [4.78, 5) is 41.6. The van der Waals surface area contributed by atoms with Gasteiger partial charge in [0.1, 0.15) is 5.82 Å². The summed E-state index contributed by atoms with van der Waals surface area (Å²) in [5, 5.41) is 11.6. The van der Waals surface area contributed by atoms with Crippen LogP contribution in [0.1, 0.15) is 36.9 Å². The molecule has 7 nitrogen and oxygen atoms in total. The number of carbonyl (C=O) groups is 3. The third-order valence-electron chi connectivity index (χ3n) is 3.88. The normalized spacial score (nSPS) is 10.5. The van der Waals surface area contributed by atoms with E-state index in [-0.39, 0.29) is 34.2 Å². The van der Waals surface area contributed by atoms with Crippen molar-refractivity contribution in [3.8, 4) is 0 Å². The zero-order chi connectivity index (χ0) is 20.3. The maximum atomic E-state index is 13.1. The average Bonchev–Trinajstić information content (AvgIpc) is 3.13. The maximum absolute atomic E-state index is 13.1. The van der Waals surface area contributed by atoms with Crippen LogP contribution >= 0.6 is 11.6 Å². The molecule has 1 heterocycles. The number of aromatic nitrogens is 2. The lowest BCUT2D eigenvalue weighted by Crippen LogP contribution is -2.16. The summed E-state index contributed by atoms with van der Waals surface area (Å²) in [7, 11) is 0. The van der Waals surface area contributed by atoms with Gasteiger partial charge in [-0.05, 0) is 35.9 Å². The van der Waals surface area contributed by atoms with Crippen LogP contribution in [0, 0.1) is 5.82 Å². The first-order chi connectivity index (χ1) is 13.3. The Morgan fingerprint density at radius 2 is 1.86 bits per heavy atom. The summed E-state index contributed by atoms with van der Waals surface area (Å²) < 4.78 is 13.1. The SMILES string of the molecule is O=C(Cc1ccc(NC(=O)c2nc[nH]c2C(=O)O)cc1)c1ccc(F)cc1Cl. The van der Waals surface area contributed by atoms with Crippen LogP contribution in [-0.2, 0) is 6.42 Å². The third-order valence-corrected chi connectivity index (χ3v) is 4.19. The summed E-state index contributed by atoms with van der Waals surface area (Å²) in [6.07, 6.45) is 1.16. The fraction of sp³-hybridized carbons (Fsp3) is 0.0526. The van der Waals surface area contributed by atoms with Crippen LogP contribution < -0.4 is 5.32 Å². The zero-order valence-electron chi connectivity index (χ0n) is 14.2. The van der Waals surface area contributed by atoms with Gasteiger partial charge in [0.2, 0.25) is 0 Å². The van der Waals surface area contributed by atoms with Crippen LogP contribution in [0.3, 0.4) is 0 Å². The first kappa shape index (κ1) is 19.2. The molecule has 0 radical (unpaired) electrons. The summed E-state index contributed by atoms with van der Waals surface area (Å²) in [6.45, 7) is 0. The number of carboxylic acids is 1. The van der Waals surface area contributed by atoms with Crippen LogP contribution in [0.2, 0.25) is 5.02 Å². The number of carboxylic acid groups (broad SMARTS) is 1. The molecule has 28 heavy (non-hydrogen) atoms. The van der Waals surface area contributed by atoms with E-state index in [0.717, 1.165) is 18.5 Å². The molecule has 0 bridgehead atoms. The Kier molecular flexibility index (Phi) is 5.51. The molecule has 0 fully saturated rings. The van der Waals surface area contributed by atoms with Crippen LogP contribution in [0.25, 0.3) is 0 Å². The number of nitrogens with zero attached hydrogens (tertiary/aromatic N) is 1. The van der Waals surface area contributed by atoms with E-state index in [2.05, 4.69) is 15.3 Å². The lowest BCUT2D eigenvalue weighted by molar-refractivity contribution is 0.0686. The monoisotopic (exact) mass is 401 g/mol. The van der Waals surface area contributed by atoms with Crippen molar-refractivity contribution in [1.29, 1.82) is 0 Å². The number of halogens is 2. The number of imidazole rings is 1. The van der Waals surface area contributed by atoms with Gasteiger partial charge >= 0.3 is 5.97 Å². The van der Waals surface area contributed by atoms with Crippen LogP contribution in [0.5, 0.6) is 0 Å². The van der Waals surface area contributed by atoms with Crippen molar-refractivity contribution in [1.82, 2.24) is 9.97 Å². The molecule has 3 rings (SSSR count). The van der Waals surface area contributed by atoms with Gasteiger partial charge in [0.05, 0.1) is 11.3 Å². The lowest BCUT2D eigenvalue weighted by atomic mass is 10.0. The first-order valence-electron chi connectivity index (χ1n) is 8.00. The second-order valence-electron chi connectivity index (χ2n) is 5.81. The minimum atomic E-state index is -1.30. The highest BCUT2D eigenvalue weighted by atomic mass is 35.5. The molecule has 0 aliphatic heterocycles. The molecule has 0 saturated heterocycles. The number of ketones is 1. The Labute approximate surface area is 163 Å². The van der Waals surface area contributed by atoms with Crippen LogP contribution in [0.15, 0.2) is 48.8 Å². The Bertz CT molecular complexity index is 1060. The lowest BCUT2D eigenvalue weighted by Gasteiger charge is -2.07. The number of amides is 1. The molecule has 3 N–H and O–H groups in total. The van der Waals surface area contributed by atoms with Crippen molar-refractivity contribution in [3.63, 3.8) is 0 Å². The topological polar surface area (TPSA) is 112 Å². The smallest absolute Gasteiger partial charge is 0.354 e. The Morgan fingerprint density at radius 3 is 2.50 bits per heavy atom. The van der Waals surface area contributed by atoms with E-state index in [1.54, 1.807) is 24.3 Å². The fourth-order valence-corrected chi connectivity index (χ4v) is 2.79. The second kappa shape index (κ2) is 8.01. The number of nitrogens with one attached hydrogen (secondary N) is 2. The predicted octanol–water partition coefficient (Wildman–Crippen LogP) is 3.58. The van der Waals surface area contributed by atoms with Crippen LogP contribution in [-0.4, -0.2) is 32.7 Å². The van der Waals surface area contributed by atoms with Gasteiger partial charge in [-0.2, -0.15) is 0 Å². The number of Topliss-reactive ketones (excluding diaryl/α,β-unsaturated/α-hetero) is 1. The highest BCUT2D eigenvalue weighted by Gasteiger charge is 2.19. The van der Waals surface area contributed by atoms with E-state index in [4.69, 9.17) is 16.7 Å². The van der Waals surface area contributed by atoms with Gasteiger partial charge in [-0.1, -0.05) is 23.7 Å². The second-order valence-corrected chi connectivity index (χ2v) is 6.21. The number of benzene rings is 2. The average molecular weight is 402 g/mol. The minimum Gasteiger partial charge on any atom is -0.477 e. The summed E-state index contributed by atoms with van der Waals surface area (Å²) in [5.41, 5.74) is 0.739. The molecule has 0 unspecified atom stereocenters. The molecule has 0 atom stereocenters. The number of anilines is 1. The Balaban J connectivity index is 1.68. The quantitative estimate of drug-likeness (QED) is 0.546. The number of H-pyrrole nitrogens is 1. The molecule has 0 saturated carbocycles. The molecule has 2 aromatic carbocycles. The van der Waals surface area contributed by atoms with Crippen molar-refractivity contribution in [3.05, 3.63) is 82.1 Å². The number of rotatable bonds is 6. The van der Waals surface area contributed by atoms with Gasteiger partial charge in [0.15, 0.2) is 17.2 Å². The molecule has 9 heteroatoms. The highest BCUT2D eigenvalue weighted by molar-refractivity contribution is 6.34. The van der Waals surface area contributed by atoms with Gasteiger partial charge in [-0.15, -0.1) is 0 Å². The number of hydrogen-bond donors (Lipinski definition) is 3. The molecular formula is C19H13ClFN3O4. The predicted molar refractivity (Wildman–Crippen MR) is 99.4 cm³/mol. The van der Waals surface area contributed by atoms with Gasteiger partial charge < -0.3 is 15.4 Å². The van der Waals surface area contributed by atoms with Crippen molar-refractivity contribution in [2.24, 2.45) is 0 Å². The van der Waals surface area contributed by atoms with Gasteiger partial charge in [-0.25, -0.2) is 14.2 Å².